The standard InChI is InChI=1S/C13H16BrClN2O2/c1-8(2)16-12(18)7-17(3)13(19)10-6-9(15)4-5-11(10)14/h4-6,8H,7H2,1-3H3,(H,16,18). The molecule has 0 saturated carbocycles. The number of carbonyl (C=O) groups is 2. The maximum absolute atomic E-state index is 12.2. The second-order valence-electron chi connectivity index (χ2n) is 4.51. The van der Waals surface area contributed by atoms with Crippen LogP contribution in [0.15, 0.2) is 22.7 Å². The van der Waals surface area contributed by atoms with Crippen molar-refractivity contribution in [1.29, 1.82) is 0 Å². The zero-order valence-corrected chi connectivity index (χ0v) is 13.4. The Bertz CT molecular complexity index is 492. The van der Waals surface area contributed by atoms with Gasteiger partial charge in [-0.25, -0.2) is 0 Å². The van der Waals surface area contributed by atoms with E-state index in [1.165, 1.54) is 4.90 Å². The fourth-order valence-corrected chi connectivity index (χ4v) is 2.11. The normalized spacial score (nSPS) is 10.4. The van der Waals surface area contributed by atoms with Crippen molar-refractivity contribution in [3.8, 4) is 0 Å². The van der Waals surface area contributed by atoms with E-state index in [0.717, 1.165) is 0 Å². The van der Waals surface area contributed by atoms with Crippen molar-refractivity contribution in [2.75, 3.05) is 13.6 Å². The lowest BCUT2D eigenvalue weighted by Crippen LogP contribution is -2.40. The van der Waals surface area contributed by atoms with Crippen LogP contribution in [0.4, 0.5) is 0 Å². The minimum Gasteiger partial charge on any atom is -0.352 e. The van der Waals surface area contributed by atoms with Crippen LogP contribution in [0.2, 0.25) is 5.02 Å². The van der Waals surface area contributed by atoms with E-state index in [1.807, 2.05) is 13.8 Å². The number of hydrogen-bond donors (Lipinski definition) is 1. The quantitative estimate of drug-likeness (QED) is 0.910. The highest BCUT2D eigenvalue weighted by Crippen LogP contribution is 2.22. The van der Waals surface area contributed by atoms with Gasteiger partial charge in [-0.2, -0.15) is 0 Å². The predicted octanol–water partition coefficient (Wildman–Crippen LogP) is 2.70. The van der Waals surface area contributed by atoms with Gasteiger partial charge in [0.1, 0.15) is 0 Å². The number of benzene rings is 1. The third-order valence-electron chi connectivity index (χ3n) is 2.34. The second-order valence-corrected chi connectivity index (χ2v) is 5.80. The van der Waals surface area contributed by atoms with E-state index in [-0.39, 0.29) is 24.4 Å². The maximum atomic E-state index is 12.2. The summed E-state index contributed by atoms with van der Waals surface area (Å²) in [6.45, 7) is 3.75. The Morgan fingerprint density at radius 2 is 2.05 bits per heavy atom. The zero-order valence-electron chi connectivity index (χ0n) is 11.0. The van der Waals surface area contributed by atoms with Gasteiger partial charge in [-0.15, -0.1) is 0 Å². The third-order valence-corrected chi connectivity index (χ3v) is 3.26. The molecule has 0 atom stereocenters. The SMILES string of the molecule is CC(C)NC(=O)CN(C)C(=O)c1cc(Cl)ccc1Br. The summed E-state index contributed by atoms with van der Waals surface area (Å²) in [6, 6.07) is 5.02. The van der Waals surface area contributed by atoms with E-state index in [9.17, 15) is 9.59 Å². The summed E-state index contributed by atoms with van der Waals surface area (Å²) < 4.78 is 0.651. The first-order valence-electron chi connectivity index (χ1n) is 5.81. The van der Waals surface area contributed by atoms with Gasteiger partial charge in [0.15, 0.2) is 0 Å². The minimum absolute atomic E-state index is 0.00989. The fraction of sp³-hybridized carbons (Fsp3) is 0.385. The summed E-state index contributed by atoms with van der Waals surface area (Å²) in [7, 11) is 1.58. The van der Waals surface area contributed by atoms with E-state index < -0.39 is 0 Å². The molecular weight excluding hydrogens is 332 g/mol. The topological polar surface area (TPSA) is 49.4 Å². The number of amides is 2. The van der Waals surface area contributed by atoms with Crippen molar-refractivity contribution in [3.63, 3.8) is 0 Å². The molecule has 0 spiro atoms. The summed E-state index contributed by atoms with van der Waals surface area (Å²) in [4.78, 5) is 25.2. The van der Waals surface area contributed by atoms with Crippen LogP contribution in [-0.2, 0) is 4.79 Å². The van der Waals surface area contributed by atoms with Crippen LogP contribution in [0.25, 0.3) is 0 Å². The van der Waals surface area contributed by atoms with Crippen LogP contribution < -0.4 is 5.32 Å². The van der Waals surface area contributed by atoms with Crippen molar-refractivity contribution >= 4 is 39.3 Å². The first-order valence-corrected chi connectivity index (χ1v) is 6.98. The first-order chi connectivity index (χ1) is 8.81. The summed E-state index contributed by atoms with van der Waals surface area (Å²) in [5.74, 6) is -0.447. The van der Waals surface area contributed by atoms with Crippen molar-refractivity contribution in [2.45, 2.75) is 19.9 Å². The molecule has 0 bridgehead atoms. The van der Waals surface area contributed by atoms with Crippen LogP contribution in [0, 0.1) is 0 Å². The molecule has 19 heavy (non-hydrogen) atoms. The second kappa shape index (κ2) is 6.91. The summed E-state index contributed by atoms with van der Waals surface area (Å²) in [5, 5.41) is 3.21. The van der Waals surface area contributed by atoms with Gasteiger partial charge in [-0.3, -0.25) is 9.59 Å². The summed E-state index contributed by atoms with van der Waals surface area (Å²) >= 11 is 9.17. The fourth-order valence-electron chi connectivity index (χ4n) is 1.52. The molecule has 0 fully saturated rings. The summed E-state index contributed by atoms with van der Waals surface area (Å²) in [6.07, 6.45) is 0. The lowest BCUT2D eigenvalue weighted by molar-refractivity contribution is -0.122. The van der Waals surface area contributed by atoms with Gasteiger partial charge in [0.2, 0.25) is 5.91 Å². The van der Waals surface area contributed by atoms with E-state index in [4.69, 9.17) is 11.6 Å². The molecule has 2 amide bonds. The Balaban J connectivity index is 2.77. The van der Waals surface area contributed by atoms with Crippen molar-refractivity contribution in [1.82, 2.24) is 10.2 Å². The molecule has 1 rings (SSSR count). The number of nitrogens with zero attached hydrogens (tertiary/aromatic N) is 1. The molecule has 0 radical (unpaired) electrons. The monoisotopic (exact) mass is 346 g/mol. The van der Waals surface area contributed by atoms with Crippen molar-refractivity contribution in [3.05, 3.63) is 33.3 Å². The molecule has 4 nitrogen and oxygen atoms in total. The van der Waals surface area contributed by atoms with Crippen molar-refractivity contribution in [2.24, 2.45) is 0 Å². The Labute approximate surface area is 126 Å². The molecule has 0 aliphatic carbocycles. The lowest BCUT2D eigenvalue weighted by Gasteiger charge is -2.18. The highest BCUT2D eigenvalue weighted by molar-refractivity contribution is 9.10. The van der Waals surface area contributed by atoms with E-state index in [1.54, 1.807) is 25.2 Å². The third kappa shape index (κ3) is 4.84. The predicted molar refractivity (Wildman–Crippen MR) is 79.4 cm³/mol. The largest absolute Gasteiger partial charge is 0.352 e. The van der Waals surface area contributed by atoms with Gasteiger partial charge in [0.25, 0.3) is 5.91 Å². The Kier molecular flexibility index (Phi) is 5.82. The number of halogens is 2. The lowest BCUT2D eigenvalue weighted by atomic mass is 10.2. The van der Waals surface area contributed by atoms with E-state index in [2.05, 4.69) is 21.2 Å². The van der Waals surface area contributed by atoms with Gasteiger partial charge in [-0.05, 0) is 48.0 Å². The minimum atomic E-state index is -0.256. The smallest absolute Gasteiger partial charge is 0.255 e. The van der Waals surface area contributed by atoms with Gasteiger partial charge >= 0.3 is 0 Å². The molecule has 0 heterocycles. The number of hydrogen-bond acceptors (Lipinski definition) is 2. The molecule has 1 aromatic carbocycles. The average molecular weight is 348 g/mol. The molecule has 0 aromatic heterocycles. The Hall–Kier alpha value is -1.07. The molecule has 104 valence electrons. The van der Waals surface area contributed by atoms with Gasteiger partial charge < -0.3 is 10.2 Å². The molecule has 1 aromatic rings. The van der Waals surface area contributed by atoms with E-state index in [0.29, 0.717) is 15.1 Å². The first kappa shape index (κ1) is 16.0. The van der Waals surface area contributed by atoms with Crippen LogP contribution in [0.1, 0.15) is 24.2 Å². The van der Waals surface area contributed by atoms with E-state index >= 15 is 0 Å². The van der Waals surface area contributed by atoms with Crippen LogP contribution in [0.5, 0.6) is 0 Å². The Morgan fingerprint density at radius 3 is 2.63 bits per heavy atom. The molecule has 0 unspecified atom stereocenters. The molecule has 1 N–H and O–H groups in total. The number of nitrogens with one attached hydrogen (secondary N) is 1. The van der Waals surface area contributed by atoms with Crippen LogP contribution >= 0.6 is 27.5 Å². The van der Waals surface area contributed by atoms with Crippen LogP contribution in [0.3, 0.4) is 0 Å². The van der Waals surface area contributed by atoms with Gasteiger partial charge in [0.05, 0.1) is 12.1 Å². The molecule has 0 aliphatic rings. The van der Waals surface area contributed by atoms with Crippen molar-refractivity contribution < 1.29 is 9.59 Å². The molecular formula is C13H16BrClN2O2. The number of likely N-dealkylation sites (N-methyl/N-ethyl adjacent to an activating group) is 1. The zero-order chi connectivity index (χ0) is 14.6. The maximum Gasteiger partial charge on any atom is 0.255 e. The number of carbonyl (C=O) groups excluding carboxylic acids is 2. The van der Waals surface area contributed by atoms with Gasteiger partial charge in [-0.1, -0.05) is 11.6 Å². The van der Waals surface area contributed by atoms with Crippen LogP contribution in [-0.4, -0.2) is 36.3 Å². The van der Waals surface area contributed by atoms with Gasteiger partial charge in [0, 0.05) is 22.6 Å². The molecule has 0 aliphatic heterocycles. The Morgan fingerprint density at radius 1 is 1.42 bits per heavy atom. The average Bonchev–Trinajstić information content (AvgIpc) is 2.30. The molecule has 0 saturated heterocycles. The highest BCUT2D eigenvalue weighted by atomic mass is 79.9. The summed E-state index contributed by atoms with van der Waals surface area (Å²) in [5.41, 5.74) is 0.437. The number of rotatable bonds is 4. The molecule has 6 heteroatoms. The highest BCUT2D eigenvalue weighted by Gasteiger charge is 2.18.